The van der Waals surface area contributed by atoms with Crippen molar-refractivity contribution in [3.8, 4) is 5.75 Å². The topological polar surface area (TPSA) is 50.4 Å². The van der Waals surface area contributed by atoms with Crippen LogP contribution in [0.2, 0.25) is 10.0 Å². The van der Waals surface area contributed by atoms with Gasteiger partial charge in [-0.3, -0.25) is 0 Å². The van der Waals surface area contributed by atoms with Crippen LogP contribution in [-0.4, -0.2) is 13.1 Å². The van der Waals surface area contributed by atoms with Gasteiger partial charge in [-0.2, -0.15) is 0 Å². The molecule has 2 aromatic carbocycles. The summed E-state index contributed by atoms with van der Waals surface area (Å²) in [7, 11) is 1.51. The minimum absolute atomic E-state index is 0.395. The Morgan fingerprint density at radius 1 is 1.05 bits per heavy atom. The van der Waals surface area contributed by atoms with Gasteiger partial charge in [-0.25, -0.2) is 4.79 Å². The number of halogens is 2. The molecule has 0 radical (unpaired) electrons. The largest absolute Gasteiger partial charge is 0.495 e. The predicted molar refractivity (Wildman–Crippen MR) is 82.1 cm³/mol. The van der Waals surface area contributed by atoms with Gasteiger partial charge in [0.2, 0.25) is 0 Å². The first-order chi connectivity index (χ1) is 9.58. The number of methoxy groups -OCH3 is 1. The summed E-state index contributed by atoms with van der Waals surface area (Å²) >= 11 is 11.7. The Balaban J connectivity index is 2.08. The molecule has 0 spiro atoms. The van der Waals surface area contributed by atoms with Gasteiger partial charge in [-0.15, -0.1) is 0 Å². The van der Waals surface area contributed by atoms with Gasteiger partial charge in [0, 0.05) is 21.8 Å². The molecule has 2 rings (SSSR count). The van der Waals surface area contributed by atoms with Gasteiger partial charge in [-0.05, 0) is 30.3 Å². The second kappa shape index (κ2) is 6.50. The highest BCUT2D eigenvalue weighted by atomic mass is 35.5. The number of hydrogen-bond donors (Lipinski definition) is 2. The van der Waals surface area contributed by atoms with Gasteiger partial charge in [0.1, 0.15) is 5.75 Å². The van der Waals surface area contributed by atoms with E-state index in [0.717, 1.165) is 0 Å². The molecular weight excluding hydrogens is 299 g/mol. The van der Waals surface area contributed by atoms with Crippen molar-refractivity contribution in [2.75, 3.05) is 17.7 Å². The molecule has 0 unspecified atom stereocenters. The number of nitrogens with one attached hydrogen (secondary N) is 2. The average Bonchev–Trinajstić information content (AvgIpc) is 2.40. The number of carbonyl (C=O) groups excluding carboxylic acids is 1. The third kappa shape index (κ3) is 3.79. The minimum Gasteiger partial charge on any atom is -0.495 e. The first kappa shape index (κ1) is 14.5. The molecular formula is C14H12Cl2N2O2. The van der Waals surface area contributed by atoms with Gasteiger partial charge in [-0.1, -0.05) is 29.3 Å². The molecule has 0 heterocycles. The lowest BCUT2D eigenvalue weighted by molar-refractivity contribution is 0.262. The van der Waals surface area contributed by atoms with Crippen LogP contribution in [0.25, 0.3) is 0 Å². The molecule has 0 aliphatic rings. The van der Waals surface area contributed by atoms with E-state index in [0.29, 0.717) is 27.2 Å². The Labute approximate surface area is 126 Å². The first-order valence-corrected chi connectivity index (χ1v) is 6.51. The number of amides is 2. The number of hydrogen-bond acceptors (Lipinski definition) is 2. The van der Waals surface area contributed by atoms with Crippen molar-refractivity contribution in [1.82, 2.24) is 0 Å². The van der Waals surface area contributed by atoms with E-state index in [9.17, 15) is 4.79 Å². The number of carbonyl (C=O) groups is 1. The normalized spacial score (nSPS) is 9.95. The molecule has 0 atom stereocenters. The van der Waals surface area contributed by atoms with Crippen molar-refractivity contribution in [2.45, 2.75) is 0 Å². The minimum atomic E-state index is -0.395. The lowest BCUT2D eigenvalue weighted by Crippen LogP contribution is -2.19. The number of anilines is 2. The molecule has 0 aromatic heterocycles. The number of benzene rings is 2. The number of ether oxygens (including phenoxy) is 1. The zero-order valence-electron chi connectivity index (χ0n) is 10.6. The fourth-order valence-electron chi connectivity index (χ4n) is 1.62. The second-order valence-electron chi connectivity index (χ2n) is 3.93. The second-order valence-corrected chi connectivity index (χ2v) is 4.81. The molecule has 2 N–H and O–H groups in total. The summed E-state index contributed by atoms with van der Waals surface area (Å²) in [5.41, 5.74) is 1.12. The van der Waals surface area contributed by atoms with Crippen LogP contribution < -0.4 is 15.4 Å². The molecule has 6 heteroatoms. The Morgan fingerprint density at radius 3 is 2.50 bits per heavy atom. The highest BCUT2D eigenvalue weighted by Crippen LogP contribution is 2.27. The SMILES string of the molecule is COc1cc(Cl)ccc1NC(=O)Nc1cccc(Cl)c1. The lowest BCUT2D eigenvalue weighted by Gasteiger charge is -2.11. The van der Waals surface area contributed by atoms with Crippen molar-refractivity contribution in [3.05, 3.63) is 52.5 Å². The Morgan fingerprint density at radius 2 is 1.80 bits per heavy atom. The van der Waals surface area contributed by atoms with Crippen molar-refractivity contribution < 1.29 is 9.53 Å². The van der Waals surface area contributed by atoms with Gasteiger partial charge in [0.15, 0.2) is 0 Å². The Kier molecular flexibility index (Phi) is 4.71. The quantitative estimate of drug-likeness (QED) is 0.867. The lowest BCUT2D eigenvalue weighted by atomic mass is 10.3. The molecule has 0 aliphatic carbocycles. The standard InChI is InChI=1S/C14H12Cl2N2O2/c1-20-13-8-10(16)5-6-12(13)18-14(19)17-11-4-2-3-9(15)7-11/h2-8H,1H3,(H2,17,18,19). The predicted octanol–water partition coefficient (Wildman–Crippen LogP) is 4.65. The van der Waals surface area contributed by atoms with E-state index in [2.05, 4.69) is 10.6 Å². The molecule has 0 fully saturated rings. The zero-order valence-corrected chi connectivity index (χ0v) is 12.1. The van der Waals surface area contributed by atoms with Crippen LogP contribution in [0.5, 0.6) is 5.75 Å². The average molecular weight is 311 g/mol. The number of urea groups is 1. The third-order valence-electron chi connectivity index (χ3n) is 2.49. The monoisotopic (exact) mass is 310 g/mol. The Hall–Kier alpha value is -1.91. The van der Waals surface area contributed by atoms with Crippen LogP contribution in [0.15, 0.2) is 42.5 Å². The summed E-state index contributed by atoms with van der Waals surface area (Å²) < 4.78 is 5.15. The summed E-state index contributed by atoms with van der Waals surface area (Å²) in [6.45, 7) is 0. The third-order valence-corrected chi connectivity index (χ3v) is 2.96. The van der Waals surface area contributed by atoms with Gasteiger partial charge in [0.25, 0.3) is 0 Å². The van der Waals surface area contributed by atoms with Gasteiger partial charge >= 0.3 is 6.03 Å². The summed E-state index contributed by atoms with van der Waals surface area (Å²) in [6, 6.07) is 11.4. The molecule has 0 bridgehead atoms. The van der Waals surface area contributed by atoms with Crippen LogP contribution in [0, 0.1) is 0 Å². The van der Waals surface area contributed by atoms with Crippen LogP contribution in [-0.2, 0) is 0 Å². The van der Waals surface area contributed by atoms with E-state index >= 15 is 0 Å². The van der Waals surface area contributed by atoms with E-state index in [1.807, 2.05) is 0 Å². The highest BCUT2D eigenvalue weighted by Gasteiger charge is 2.08. The molecule has 0 saturated heterocycles. The van der Waals surface area contributed by atoms with E-state index in [1.54, 1.807) is 42.5 Å². The van der Waals surface area contributed by atoms with E-state index in [4.69, 9.17) is 27.9 Å². The van der Waals surface area contributed by atoms with Crippen molar-refractivity contribution in [1.29, 1.82) is 0 Å². The Bertz CT molecular complexity index is 632. The summed E-state index contributed by atoms with van der Waals surface area (Å²) in [6.07, 6.45) is 0. The highest BCUT2D eigenvalue weighted by molar-refractivity contribution is 6.31. The maximum Gasteiger partial charge on any atom is 0.323 e. The summed E-state index contributed by atoms with van der Waals surface area (Å²) in [5.74, 6) is 0.485. The maximum atomic E-state index is 11.9. The van der Waals surface area contributed by atoms with Gasteiger partial charge < -0.3 is 15.4 Å². The molecule has 2 amide bonds. The van der Waals surface area contributed by atoms with Crippen molar-refractivity contribution >= 4 is 40.6 Å². The number of rotatable bonds is 3. The fourth-order valence-corrected chi connectivity index (χ4v) is 1.97. The molecule has 0 saturated carbocycles. The first-order valence-electron chi connectivity index (χ1n) is 5.75. The van der Waals surface area contributed by atoms with Crippen LogP contribution >= 0.6 is 23.2 Å². The van der Waals surface area contributed by atoms with Crippen LogP contribution in [0.1, 0.15) is 0 Å². The van der Waals surface area contributed by atoms with E-state index < -0.39 is 6.03 Å². The summed E-state index contributed by atoms with van der Waals surface area (Å²) in [4.78, 5) is 11.9. The molecule has 2 aromatic rings. The van der Waals surface area contributed by atoms with Crippen molar-refractivity contribution in [2.24, 2.45) is 0 Å². The fraction of sp³-hybridized carbons (Fsp3) is 0.0714. The molecule has 0 aliphatic heterocycles. The molecule has 4 nitrogen and oxygen atoms in total. The molecule has 20 heavy (non-hydrogen) atoms. The molecule has 104 valence electrons. The smallest absolute Gasteiger partial charge is 0.323 e. The maximum absolute atomic E-state index is 11.9. The zero-order chi connectivity index (χ0) is 14.5. The van der Waals surface area contributed by atoms with E-state index in [-0.39, 0.29) is 0 Å². The van der Waals surface area contributed by atoms with Crippen LogP contribution in [0.4, 0.5) is 16.2 Å². The van der Waals surface area contributed by atoms with Crippen molar-refractivity contribution in [3.63, 3.8) is 0 Å². The summed E-state index contributed by atoms with van der Waals surface area (Å²) in [5, 5.41) is 6.43. The van der Waals surface area contributed by atoms with Crippen LogP contribution in [0.3, 0.4) is 0 Å². The van der Waals surface area contributed by atoms with E-state index in [1.165, 1.54) is 7.11 Å². The van der Waals surface area contributed by atoms with Gasteiger partial charge in [0.05, 0.1) is 12.8 Å².